The lowest BCUT2D eigenvalue weighted by molar-refractivity contribution is -0.137. The Hall–Kier alpha value is -0.510. The lowest BCUT2D eigenvalue weighted by Crippen LogP contribution is -2.17. The van der Waals surface area contributed by atoms with Gasteiger partial charge in [0.2, 0.25) is 0 Å². The third kappa shape index (κ3) is 12.3. The van der Waals surface area contributed by atoms with E-state index in [2.05, 4.69) is 19.6 Å². The van der Waals surface area contributed by atoms with Gasteiger partial charge in [-0.25, -0.2) is 0 Å². The summed E-state index contributed by atoms with van der Waals surface area (Å²) in [5.41, 5.74) is 0. The first-order valence-electron chi connectivity index (χ1n) is 7.50. The van der Waals surface area contributed by atoms with E-state index in [1.807, 2.05) is 0 Å². The number of aliphatic carboxylic acids is 1. The minimum atomic E-state index is -1.01. The third-order valence-electron chi connectivity index (χ3n) is 3.27. The molecule has 0 saturated carbocycles. The maximum atomic E-state index is 11.5. The van der Waals surface area contributed by atoms with Gasteiger partial charge in [0.05, 0.1) is 0 Å². The fourth-order valence-corrected chi connectivity index (χ4v) is 2.24. The highest BCUT2D eigenvalue weighted by atomic mass is 32.1. The number of unbranched alkanes of at least 4 members (excludes halogenated alkanes) is 8. The molecule has 0 aliphatic carbocycles. The molecule has 0 aliphatic rings. The molecule has 1 atom stereocenters. The zero-order valence-corrected chi connectivity index (χ0v) is 13.0. The normalized spacial score (nSPS) is 12.3. The van der Waals surface area contributed by atoms with E-state index < -0.39 is 11.2 Å². The van der Waals surface area contributed by atoms with Crippen LogP contribution in [0.15, 0.2) is 0 Å². The maximum Gasteiger partial charge on any atom is 0.316 e. The minimum absolute atomic E-state index is 0.0188. The lowest BCUT2D eigenvalue weighted by Gasteiger charge is -2.04. The molecule has 0 aromatic heterocycles. The van der Waals surface area contributed by atoms with Gasteiger partial charge in [0, 0.05) is 12.8 Å². The summed E-state index contributed by atoms with van der Waals surface area (Å²) in [6.45, 7) is 2.22. The van der Waals surface area contributed by atoms with Crippen LogP contribution in [-0.2, 0) is 9.59 Å². The molecule has 3 nitrogen and oxygen atoms in total. The molecule has 0 fully saturated rings. The number of Topliss-reactive ketones (excluding diaryl/α,β-unsaturated/α-hetero) is 1. The molecule has 4 heteroatoms. The van der Waals surface area contributed by atoms with E-state index >= 15 is 0 Å². The zero-order valence-electron chi connectivity index (χ0n) is 12.1. The molecule has 1 N–H and O–H groups in total. The van der Waals surface area contributed by atoms with Crippen molar-refractivity contribution in [2.45, 2.75) is 82.8 Å². The fourth-order valence-electron chi connectivity index (χ4n) is 2.04. The molecule has 1 unspecified atom stereocenters. The predicted octanol–water partition coefficient (Wildman–Crippen LogP) is 4.25. The second-order valence-electron chi connectivity index (χ2n) is 5.18. The monoisotopic (exact) mass is 288 g/mol. The van der Waals surface area contributed by atoms with Gasteiger partial charge in [-0.1, -0.05) is 58.3 Å². The second kappa shape index (κ2) is 12.5. The van der Waals surface area contributed by atoms with Crippen LogP contribution in [-0.4, -0.2) is 22.1 Å². The van der Waals surface area contributed by atoms with Gasteiger partial charge in [-0.3, -0.25) is 9.59 Å². The van der Waals surface area contributed by atoms with E-state index in [9.17, 15) is 9.59 Å². The van der Waals surface area contributed by atoms with Crippen molar-refractivity contribution in [2.75, 3.05) is 0 Å². The highest BCUT2D eigenvalue weighted by Gasteiger charge is 2.15. The smallest absolute Gasteiger partial charge is 0.316 e. The van der Waals surface area contributed by atoms with Crippen molar-refractivity contribution in [3.05, 3.63) is 0 Å². The average Bonchev–Trinajstić information content (AvgIpc) is 2.36. The Morgan fingerprint density at radius 3 is 1.89 bits per heavy atom. The van der Waals surface area contributed by atoms with Crippen LogP contribution in [0.2, 0.25) is 0 Å². The molecule has 0 aromatic rings. The Balaban J connectivity index is 3.30. The first-order chi connectivity index (χ1) is 9.07. The van der Waals surface area contributed by atoms with E-state index in [0.717, 1.165) is 12.8 Å². The quantitative estimate of drug-likeness (QED) is 0.393. The maximum absolute atomic E-state index is 11.5. The number of hydrogen-bond acceptors (Lipinski definition) is 3. The van der Waals surface area contributed by atoms with Crippen molar-refractivity contribution in [3.8, 4) is 0 Å². The summed E-state index contributed by atoms with van der Waals surface area (Å²) in [6.07, 6.45) is 11.5. The van der Waals surface area contributed by atoms with Crippen molar-refractivity contribution in [3.63, 3.8) is 0 Å². The predicted molar refractivity (Wildman–Crippen MR) is 81.9 cm³/mol. The molecule has 0 amide bonds. The summed E-state index contributed by atoms with van der Waals surface area (Å²) in [4.78, 5) is 22.0. The van der Waals surface area contributed by atoms with Gasteiger partial charge < -0.3 is 5.11 Å². The first-order valence-corrected chi connectivity index (χ1v) is 8.02. The van der Waals surface area contributed by atoms with Crippen LogP contribution in [0.5, 0.6) is 0 Å². The van der Waals surface area contributed by atoms with Crippen LogP contribution in [0.4, 0.5) is 0 Å². The first kappa shape index (κ1) is 18.5. The molecule has 0 saturated heterocycles. The number of ketones is 1. The number of carboxylic acid groups (broad SMARTS) is 1. The summed E-state index contributed by atoms with van der Waals surface area (Å²) >= 11 is 3.86. The molecule has 0 spiro atoms. The van der Waals surface area contributed by atoms with Gasteiger partial charge in [-0.2, -0.15) is 12.6 Å². The van der Waals surface area contributed by atoms with Gasteiger partial charge in [0.25, 0.3) is 0 Å². The number of hydrogen-bond donors (Lipinski definition) is 2. The van der Waals surface area contributed by atoms with Crippen LogP contribution in [0, 0.1) is 0 Å². The lowest BCUT2D eigenvalue weighted by atomic mass is 10.0. The summed E-state index contributed by atoms with van der Waals surface area (Å²) in [7, 11) is 0. The van der Waals surface area contributed by atoms with Crippen molar-refractivity contribution >= 4 is 24.4 Å². The van der Waals surface area contributed by atoms with E-state index in [4.69, 9.17) is 5.11 Å². The Bertz CT molecular complexity index is 254. The van der Waals surface area contributed by atoms with Crippen molar-refractivity contribution in [1.29, 1.82) is 0 Å². The molecule has 19 heavy (non-hydrogen) atoms. The summed E-state index contributed by atoms with van der Waals surface area (Å²) in [5, 5.41) is 7.79. The van der Waals surface area contributed by atoms with E-state index in [-0.39, 0.29) is 12.2 Å². The standard InChI is InChI=1S/C15H28O3S/c1-2-3-4-5-6-7-8-9-10-11-13(16)12-14(19)15(17)18/h14,19H,2-12H2,1H3,(H,17,18). The van der Waals surface area contributed by atoms with Gasteiger partial charge in [0.1, 0.15) is 11.0 Å². The molecular weight excluding hydrogens is 260 g/mol. The molecule has 0 radical (unpaired) electrons. The number of thiol groups is 1. The molecule has 0 aromatic carbocycles. The Kier molecular flexibility index (Phi) is 12.2. The minimum Gasteiger partial charge on any atom is -0.480 e. The number of carbonyl (C=O) groups excluding carboxylic acids is 1. The Labute approximate surface area is 122 Å². The van der Waals surface area contributed by atoms with Crippen molar-refractivity contribution in [1.82, 2.24) is 0 Å². The third-order valence-corrected chi connectivity index (χ3v) is 3.67. The van der Waals surface area contributed by atoms with Gasteiger partial charge >= 0.3 is 5.97 Å². The largest absolute Gasteiger partial charge is 0.480 e. The fraction of sp³-hybridized carbons (Fsp3) is 0.867. The molecular formula is C15H28O3S. The number of carboxylic acids is 1. The van der Waals surface area contributed by atoms with Crippen molar-refractivity contribution in [2.24, 2.45) is 0 Å². The molecule has 0 rings (SSSR count). The van der Waals surface area contributed by atoms with E-state index in [1.54, 1.807) is 0 Å². The van der Waals surface area contributed by atoms with Crippen LogP contribution in [0.1, 0.15) is 77.6 Å². The molecule has 0 heterocycles. The highest BCUT2D eigenvalue weighted by Crippen LogP contribution is 2.12. The van der Waals surface area contributed by atoms with Crippen LogP contribution in [0.3, 0.4) is 0 Å². The summed E-state index contributed by atoms with van der Waals surface area (Å²) in [5.74, 6) is -0.992. The van der Waals surface area contributed by atoms with Crippen LogP contribution < -0.4 is 0 Å². The molecule has 112 valence electrons. The Morgan fingerprint density at radius 1 is 0.947 bits per heavy atom. The SMILES string of the molecule is CCCCCCCCCCCC(=O)CC(S)C(=O)O. The van der Waals surface area contributed by atoms with E-state index in [0.29, 0.717) is 6.42 Å². The second-order valence-corrected chi connectivity index (χ2v) is 5.80. The topological polar surface area (TPSA) is 54.4 Å². The summed E-state index contributed by atoms with van der Waals surface area (Å²) < 4.78 is 0. The van der Waals surface area contributed by atoms with Crippen molar-refractivity contribution < 1.29 is 14.7 Å². The van der Waals surface area contributed by atoms with Gasteiger partial charge in [-0.15, -0.1) is 0 Å². The average molecular weight is 288 g/mol. The van der Waals surface area contributed by atoms with Gasteiger partial charge in [-0.05, 0) is 6.42 Å². The highest BCUT2D eigenvalue weighted by molar-refractivity contribution is 7.81. The summed E-state index contributed by atoms with van der Waals surface area (Å²) in [6, 6.07) is 0. The van der Waals surface area contributed by atoms with Crippen LogP contribution in [0.25, 0.3) is 0 Å². The Morgan fingerprint density at radius 2 is 1.42 bits per heavy atom. The zero-order chi connectivity index (χ0) is 14.5. The number of rotatable bonds is 13. The molecule has 0 aliphatic heterocycles. The van der Waals surface area contributed by atoms with E-state index in [1.165, 1.54) is 44.9 Å². The van der Waals surface area contributed by atoms with Crippen LogP contribution >= 0.6 is 12.6 Å². The number of carbonyl (C=O) groups is 2. The molecule has 0 bridgehead atoms. The van der Waals surface area contributed by atoms with Gasteiger partial charge in [0.15, 0.2) is 0 Å².